The Morgan fingerprint density at radius 2 is 2.11 bits per heavy atom. The quantitative estimate of drug-likeness (QED) is 0.828. The number of nitrogens with zero attached hydrogens (tertiary/aromatic N) is 2. The van der Waals surface area contributed by atoms with Crippen molar-refractivity contribution in [1.82, 2.24) is 4.98 Å². The molecule has 1 aromatic rings. The lowest BCUT2D eigenvalue weighted by atomic mass is 10.1. The normalized spacial score (nSPS) is 16.9. The van der Waals surface area contributed by atoms with Crippen LogP contribution in [0.5, 0.6) is 0 Å². The van der Waals surface area contributed by atoms with E-state index in [1.165, 1.54) is 0 Å². The maximum Gasteiger partial charge on any atom is 0.168 e. The number of halogens is 2. The first-order valence-electron chi connectivity index (χ1n) is 6.58. The van der Waals surface area contributed by atoms with E-state index in [0.717, 1.165) is 31.5 Å². The van der Waals surface area contributed by atoms with Crippen molar-refractivity contribution in [2.75, 3.05) is 31.1 Å². The molecule has 6 heteroatoms. The molecule has 1 fully saturated rings. The molecule has 0 unspecified atom stereocenters. The zero-order chi connectivity index (χ0) is 13.7. The Morgan fingerprint density at radius 3 is 2.74 bits per heavy atom. The molecule has 0 saturated carbocycles. The Bertz CT molecular complexity index is 409. The molecule has 1 aromatic heterocycles. The summed E-state index contributed by atoms with van der Waals surface area (Å²) in [4.78, 5) is 5.65. The van der Waals surface area contributed by atoms with Gasteiger partial charge in [0.1, 0.15) is 5.82 Å². The van der Waals surface area contributed by atoms with Crippen molar-refractivity contribution in [3.63, 3.8) is 0 Å². The van der Waals surface area contributed by atoms with Crippen LogP contribution in [0.2, 0.25) is 0 Å². The monoisotopic (exact) mass is 271 g/mol. The molecule has 1 aliphatic rings. The van der Waals surface area contributed by atoms with Crippen molar-refractivity contribution in [3.8, 4) is 0 Å². The van der Waals surface area contributed by atoms with Crippen molar-refractivity contribution in [2.45, 2.75) is 25.4 Å². The van der Waals surface area contributed by atoms with Crippen LogP contribution >= 0.6 is 0 Å². The fraction of sp³-hybridized carbons (Fsp3) is 0.615. The summed E-state index contributed by atoms with van der Waals surface area (Å²) in [5.41, 5.74) is 5.40. The number of nitrogens with two attached hydrogens (primary N) is 1. The van der Waals surface area contributed by atoms with Crippen LogP contribution in [0.1, 0.15) is 19.3 Å². The highest BCUT2D eigenvalue weighted by Crippen LogP contribution is 2.22. The number of ether oxygens (including phenoxy) is 1. The maximum absolute atomic E-state index is 13.6. The lowest BCUT2D eigenvalue weighted by molar-refractivity contribution is 0.0364. The van der Waals surface area contributed by atoms with E-state index < -0.39 is 11.6 Å². The van der Waals surface area contributed by atoms with Gasteiger partial charge in [0.15, 0.2) is 11.6 Å². The van der Waals surface area contributed by atoms with Crippen molar-refractivity contribution in [2.24, 2.45) is 5.73 Å². The third-order valence-electron chi connectivity index (χ3n) is 3.23. The molecule has 0 spiro atoms. The fourth-order valence-electron chi connectivity index (χ4n) is 2.21. The minimum Gasteiger partial charge on any atom is -0.378 e. The van der Waals surface area contributed by atoms with Crippen molar-refractivity contribution in [1.29, 1.82) is 0 Å². The Labute approximate surface area is 111 Å². The average Bonchev–Trinajstić information content (AvgIpc) is 2.40. The van der Waals surface area contributed by atoms with Crippen LogP contribution in [0.3, 0.4) is 0 Å². The number of aromatic nitrogens is 1. The van der Waals surface area contributed by atoms with E-state index >= 15 is 0 Å². The topological polar surface area (TPSA) is 51.4 Å². The third kappa shape index (κ3) is 3.84. The van der Waals surface area contributed by atoms with Gasteiger partial charge < -0.3 is 15.4 Å². The van der Waals surface area contributed by atoms with Gasteiger partial charge in [-0.15, -0.1) is 0 Å². The molecule has 2 N–H and O–H groups in total. The molecule has 106 valence electrons. The molecular formula is C13H19F2N3O. The number of hydrogen-bond donors (Lipinski definition) is 1. The lowest BCUT2D eigenvalue weighted by Crippen LogP contribution is -2.38. The van der Waals surface area contributed by atoms with Crippen LogP contribution in [-0.4, -0.2) is 37.3 Å². The second-order valence-electron chi connectivity index (χ2n) is 4.66. The summed E-state index contributed by atoms with van der Waals surface area (Å²) in [5.74, 6) is -1.04. The molecule has 0 bridgehead atoms. The van der Waals surface area contributed by atoms with Gasteiger partial charge in [-0.3, -0.25) is 0 Å². The van der Waals surface area contributed by atoms with Crippen molar-refractivity contribution < 1.29 is 13.5 Å². The lowest BCUT2D eigenvalue weighted by Gasteiger charge is -2.32. The van der Waals surface area contributed by atoms with Crippen LogP contribution in [0.25, 0.3) is 0 Å². The maximum atomic E-state index is 13.6. The molecule has 1 aliphatic heterocycles. The van der Waals surface area contributed by atoms with Gasteiger partial charge >= 0.3 is 0 Å². The Morgan fingerprint density at radius 1 is 1.37 bits per heavy atom. The van der Waals surface area contributed by atoms with E-state index in [1.54, 1.807) is 0 Å². The Kier molecular flexibility index (Phi) is 5.04. The molecule has 0 radical (unpaired) electrons. The first-order valence-corrected chi connectivity index (χ1v) is 6.58. The van der Waals surface area contributed by atoms with Gasteiger partial charge in [0, 0.05) is 25.8 Å². The molecule has 2 rings (SSSR count). The van der Waals surface area contributed by atoms with E-state index in [0.29, 0.717) is 26.2 Å². The Hall–Kier alpha value is -1.27. The minimum atomic E-state index is -0.652. The molecular weight excluding hydrogens is 252 g/mol. The summed E-state index contributed by atoms with van der Waals surface area (Å²) in [7, 11) is 0. The van der Waals surface area contributed by atoms with Gasteiger partial charge in [-0.25, -0.2) is 13.8 Å². The van der Waals surface area contributed by atoms with Gasteiger partial charge in [0.25, 0.3) is 0 Å². The van der Waals surface area contributed by atoms with Crippen LogP contribution in [-0.2, 0) is 4.74 Å². The van der Waals surface area contributed by atoms with Crippen LogP contribution in [0.4, 0.5) is 14.6 Å². The first kappa shape index (κ1) is 14.1. The molecule has 2 heterocycles. The zero-order valence-electron chi connectivity index (χ0n) is 10.8. The highest BCUT2D eigenvalue weighted by atomic mass is 19.1. The Balaban J connectivity index is 1.85. The molecule has 19 heavy (non-hydrogen) atoms. The van der Waals surface area contributed by atoms with Gasteiger partial charge in [0.2, 0.25) is 0 Å². The molecule has 0 amide bonds. The van der Waals surface area contributed by atoms with Crippen LogP contribution < -0.4 is 10.6 Å². The molecule has 0 aliphatic carbocycles. The zero-order valence-corrected chi connectivity index (χ0v) is 10.8. The number of pyridine rings is 1. The average molecular weight is 271 g/mol. The second kappa shape index (κ2) is 6.77. The standard InChI is InChI=1S/C13H19F2N3O/c14-10-8-12(15)13(17-9-10)18-5-2-11(3-6-18)19-7-1-4-16/h8-9,11H,1-7,16H2. The predicted molar refractivity (Wildman–Crippen MR) is 69.0 cm³/mol. The van der Waals surface area contributed by atoms with Gasteiger partial charge in [-0.2, -0.15) is 0 Å². The molecule has 1 saturated heterocycles. The largest absolute Gasteiger partial charge is 0.378 e. The SMILES string of the molecule is NCCCOC1CCN(c2ncc(F)cc2F)CC1. The number of hydrogen-bond acceptors (Lipinski definition) is 4. The van der Waals surface area contributed by atoms with E-state index in [9.17, 15) is 8.78 Å². The third-order valence-corrected chi connectivity index (χ3v) is 3.23. The van der Waals surface area contributed by atoms with Crippen molar-refractivity contribution >= 4 is 5.82 Å². The van der Waals surface area contributed by atoms with E-state index in [1.807, 2.05) is 4.90 Å². The highest BCUT2D eigenvalue weighted by molar-refractivity contribution is 5.40. The van der Waals surface area contributed by atoms with Crippen LogP contribution in [0.15, 0.2) is 12.3 Å². The smallest absolute Gasteiger partial charge is 0.168 e. The summed E-state index contributed by atoms with van der Waals surface area (Å²) in [6.07, 6.45) is 3.74. The van der Waals surface area contributed by atoms with E-state index in [-0.39, 0.29) is 11.9 Å². The van der Waals surface area contributed by atoms with E-state index in [2.05, 4.69) is 4.98 Å². The first-order chi connectivity index (χ1) is 9.20. The van der Waals surface area contributed by atoms with E-state index in [4.69, 9.17) is 10.5 Å². The molecule has 4 nitrogen and oxygen atoms in total. The number of piperidine rings is 1. The van der Waals surface area contributed by atoms with Crippen molar-refractivity contribution in [3.05, 3.63) is 23.9 Å². The summed E-state index contributed by atoms with van der Waals surface area (Å²) >= 11 is 0. The summed E-state index contributed by atoms with van der Waals surface area (Å²) in [6.45, 7) is 2.64. The predicted octanol–water partition coefficient (Wildman–Crippen LogP) is 1.69. The molecule has 0 aromatic carbocycles. The number of rotatable bonds is 5. The van der Waals surface area contributed by atoms with Crippen LogP contribution in [0, 0.1) is 11.6 Å². The van der Waals surface area contributed by atoms with Gasteiger partial charge in [0.05, 0.1) is 12.3 Å². The van der Waals surface area contributed by atoms with Gasteiger partial charge in [-0.1, -0.05) is 0 Å². The second-order valence-corrected chi connectivity index (χ2v) is 4.66. The summed E-state index contributed by atoms with van der Waals surface area (Å²) in [6, 6.07) is 0.867. The minimum absolute atomic E-state index is 0.200. The summed E-state index contributed by atoms with van der Waals surface area (Å²) < 4.78 is 32.1. The summed E-state index contributed by atoms with van der Waals surface area (Å²) in [5, 5.41) is 0. The fourth-order valence-corrected chi connectivity index (χ4v) is 2.21. The van der Waals surface area contributed by atoms with Gasteiger partial charge in [-0.05, 0) is 25.8 Å². The molecule has 0 atom stereocenters. The number of anilines is 1. The highest BCUT2D eigenvalue weighted by Gasteiger charge is 2.22.